The van der Waals surface area contributed by atoms with Gasteiger partial charge in [-0.05, 0) is 11.6 Å². The highest BCUT2D eigenvalue weighted by atomic mass is 35.5. The molecule has 0 amide bonds. The number of nitrogens with one attached hydrogen (secondary N) is 1. The molecule has 0 aliphatic carbocycles. The van der Waals surface area contributed by atoms with Gasteiger partial charge in [-0.1, -0.05) is 32.0 Å². The van der Waals surface area contributed by atoms with Crippen molar-refractivity contribution in [1.29, 1.82) is 0 Å². The van der Waals surface area contributed by atoms with Gasteiger partial charge in [-0.25, -0.2) is 0 Å². The molecule has 0 aliphatic rings. The van der Waals surface area contributed by atoms with E-state index in [2.05, 4.69) is 5.32 Å². The predicted octanol–water partition coefficient (Wildman–Crippen LogP) is 3.63. The van der Waals surface area contributed by atoms with Gasteiger partial charge in [0.25, 0.3) is 0 Å². The number of hydrogen-bond donors (Lipinski definition) is 1. The van der Waals surface area contributed by atoms with Crippen LogP contribution in [0.25, 0.3) is 0 Å². The number of hydrogen-bond acceptors (Lipinski definition) is 1. The Morgan fingerprint density at radius 2 is 1.75 bits per heavy atom. The third kappa shape index (κ3) is 4.41. The summed E-state index contributed by atoms with van der Waals surface area (Å²) in [5, 5.41) is 2.97. The Labute approximate surface area is 99.5 Å². The van der Waals surface area contributed by atoms with Crippen molar-refractivity contribution in [2.45, 2.75) is 32.6 Å². The van der Waals surface area contributed by atoms with Gasteiger partial charge in [0, 0.05) is 12.6 Å². The van der Waals surface area contributed by atoms with Gasteiger partial charge in [0.1, 0.15) is 0 Å². The zero-order valence-electron chi connectivity index (χ0n) is 9.14. The van der Waals surface area contributed by atoms with Crippen molar-refractivity contribution in [3.05, 3.63) is 35.4 Å². The molecule has 1 aromatic carbocycles. The minimum absolute atomic E-state index is 0. The fraction of sp³-hybridized carbons (Fsp3) is 0.455. The Morgan fingerprint density at radius 1 is 1.19 bits per heavy atom. The van der Waals surface area contributed by atoms with E-state index in [1.54, 1.807) is 6.07 Å². The molecular weight excluding hydrogens is 239 g/mol. The van der Waals surface area contributed by atoms with Crippen LogP contribution >= 0.6 is 12.4 Å². The Morgan fingerprint density at radius 3 is 2.25 bits per heavy atom. The Hall–Kier alpha value is -0.740. The number of benzene rings is 1. The predicted molar refractivity (Wildman–Crippen MR) is 60.7 cm³/mol. The van der Waals surface area contributed by atoms with Crippen LogP contribution in [0.3, 0.4) is 0 Å². The van der Waals surface area contributed by atoms with E-state index in [1.165, 1.54) is 12.1 Å². The van der Waals surface area contributed by atoms with E-state index in [1.807, 2.05) is 13.8 Å². The summed E-state index contributed by atoms with van der Waals surface area (Å²) in [5.74, 6) is 0. The third-order valence-electron chi connectivity index (χ3n) is 2.02. The lowest BCUT2D eigenvalue weighted by atomic mass is 10.1. The van der Waals surface area contributed by atoms with Crippen LogP contribution in [0.15, 0.2) is 24.3 Å². The Kier molecular flexibility index (Phi) is 5.83. The molecule has 0 radical (unpaired) electrons. The van der Waals surface area contributed by atoms with Gasteiger partial charge in [0.2, 0.25) is 0 Å². The maximum atomic E-state index is 12.5. The van der Waals surface area contributed by atoms with Crippen molar-refractivity contribution in [1.82, 2.24) is 5.32 Å². The van der Waals surface area contributed by atoms with Gasteiger partial charge in [-0.15, -0.1) is 12.4 Å². The summed E-state index contributed by atoms with van der Waals surface area (Å²) in [7, 11) is 0. The summed E-state index contributed by atoms with van der Waals surface area (Å²) in [6.45, 7) is 4.04. The summed E-state index contributed by atoms with van der Waals surface area (Å²) in [5.41, 5.74) is -0.267. The molecule has 0 fully saturated rings. The smallest absolute Gasteiger partial charge is 0.310 e. The molecule has 0 saturated heterocycles. The van der Waals surface area contributed by atoms with Crippen LogP contribution in [-0.4, -0.2) is 6.04 Å². The first-order valence-corrected chi connectivity index (χ1v) is 4.79. The van der Waals surface area contributed by atoms with Crippen molar-refractivity contribution < 1.29 is 13.2 Å². The zero-order chi connectivity index (χ0) is 11.5. The summed E-state index contributed by atoms with van der Waals surface area (Å²) >= 11 is 0. The zero-order valence-corrected chi connectivity index (χ0v) is 9.95. The Balaban J connectivity index is 0.00000225. The fourth-order valence-corrected chi connectivity index (χ4v) is 1.27. The second-order valence-electron chi connectivity index (χ2n) is 3.69. The quantitative estimate of drug-likeness (QED) is 0.868. The second kappa shape index (κ2) is 6.11. The van der Waals surface area contributed by atoms with Crippen LogP contribution in [0.2, 0.25) is 0 Å². The topological polar surface area (TPSA) is 12.0 Å². The first kappa shape index (κ1) is 15.3. The van der Waals surface area contributed by atoms with Gasteiger partial charge in [-0.2, -0.15) is 13.2 Å². The molecule has 0 spiro atoms. The molecule has 0 unspecified atom stereocenters. The fourth-order valence-electron chi connectivity index (χ4n) is 1.27. The monoisotopic (exact) mass is 253 g/mol. The van der Waals surface area contributed by atoms with Crippen LogP contribution in [0.1, 0.15) is 25.0 Å². The number of halogens is 4. The van der Waals surface area contributed by atoms with E-state index >= 15 is 0 Å². The molecule has 0 heterocycles. The highest BCUT2D eigenvalue weighted by molar-refractivity contribution is 5.85. The first-order valence-electron chi connectivity index (χ1n) is 4.79. The van der Waals surface area contributed by atoms with Crippen LogP contribution in [0.5, 0.6) is 0 Å². The minimum atomic E-state index is -4.27. The number of rotatable bonds is 3. The molecule has 0 aromatic heterocycles. The van der Waals surface area contributed by atoms with Crippen molar-refractivity contribution >= 4 is 12.4 Å². The van der Waals surface area contributed by atoms with Gasteiger partial charge < -0.3 is 5.32 Å². The molecule has 0 aliphatic heterocycles. The van der Waals surface area contributed by atoms with E-state index in [-0.39, 0.29) is 25.0 Å². The van der Waals surface area contributed by atoms with E-state index in [0.29, 0.717) is 5.56 Å². The SMILES string of the molecule is CC(C)NCc1ccccc1C(F)(F)F.Cl. The molecule has 0 bridgehead atoms. The molecule has 0 atom stereocenters. The van der Waals surface area contributed by atoms with E-state index in [4.69, 9.17) is 0 Å². The van der Waals surface area contributed by atoms with Crippen molar-refractivity contribution in [2.24, 2.45) is 0 Å². The molecule has 1 aromatic rings. The van der Waals surface area contributed by atoms with Gasteiger partial charge in [-0.3, -0.25) is 0 Å². The summed E-state index contributed by atoms with van der Waals surface area (Å²) in [6, 6.07) is 5.80. The maximum Gasteiger partial charge on any atom is 0.416 e. The molecular formula is C11H15ClF3N. The normalized spacial score (nSPS) is 11.4. The van der Waals surface area contributed by atoms with Crippen LogP contribution in [-0.2, 0) is 12.7 Å². The van der Waals surface area contributed by atoms with Gasteiger partial charge in [0.05, 0.1) is 5.56 Å². The van der Waals surface area contributed by atoms with Crippen LogP contribution in [0.4, 0.5) is 13.2 Å². The van der Waals surface area contributed by atoms with E-state index in [0.717, 1.165) is 6.07 Å². The lowest BCUT2D eigenvalue weighted by molar-refractivity contribution is -0.138. The van der Waals surface area contributed by atoms with Crippen LogP contribution in [0, 0.1) is 0 Å². The molecule has 16 heavy (non-hydrogen) atoms. The molecule has 92 valence electrons. The van der Waals surface area contributed by atoms with Gasteiger partial charge >= 0.3 is 6.18 Å². The number of alkyl halides is 3. The second-order valence-corrected chi connectivity index (χ2v) is 3.69. The van der Waals surface area contributed by atoms with Crippen LogP contribution < -0.4 is 5.32 Å². The van der Waals surface area contributed by atoms with Crippen molar-refractivity contribution in [3.8, 4) is 0 Å². The first-order chi connectivity index (χ1) is 6.91. The molecule has 1 N–H and O–H groups in total. The molecule has 1 rings (SSSR count). The van der Waals surface area contributed by atoms with Gasteiger partial charge in [0.15, 0.2) is 0 Å². The molecule has 5 heteroatoms. The summed E-state index contributed by atoms with van der Waals surface area (Å²) in [6.07, 6.45) is -4.27. The highest BCUT2D eigenvalue weighted by Gasteiger charge is 2.32. The van der Waals surface area contributed by atoms with E-state index in [9.17, 15) is 13.2 Å². The average Bonchev–Trinajstić information content (AvgIpc) is 2.13. The lowest BCUT2D eigenvalue weighted by Crippen LogP contribution is -2.23. The third-order valence-corrected chi connectivity index (χ3v) is 2.02. The van der Waals surface area contributed by atoms with Crippen molar-refractivity contribution in [3.63, 3.8) is 0 Å². The summed E-state index contributed by atoms with van der Waals surface area (Å²) in [4.78, 5) is 0. The van der Waals surface area contributed by atoms with Crippen molar-refractivity contribution in [2.75, 3.05) is 0 Å². The average molecular weight is 254 g/mol. The molecule has 0 saturated carbocycles. The minimum Gasteiger partial charge on any atom is -0.310 e. The van der Waals surface area contributed by atoms with E-state index < -0.39 is 11.7 Å². The summed E-state index contributed by atoms with van der Waals surface area (Å²) < 4.78 is 37.6. The standard InChI is InChI=1S/C11H14F3N.ClH/c1-8(2)15-7-9-5-3-4-6-10(9)11(12,13)14;/h3-6,8,15H,7H2,1-2H3;1H. The lowest BCUT2D eigenvalue weighted by Gasteiger charge is -2.14. The Bertz CT molecular complexity index is 323. The highest BCUT2D eigenvalue weighted by Crippen LogP contribution is 2.31. The molecule has 1 nitrogen and oxygen atoms in total. The maximum absolute atomic E-state index is 12.5. The largest absolute Gasteiger partial charge is 0.416 e.